The number of hydrazine groups is 1. The Kier molecular flexibility index (Phi) is 7.02. The first-order valence-corrected chi connectivity index (χ1v) is 11.8. The highest BCUT2D eigenvalue weighted by molar-refractivity contribution is 7.88. The smallest absolute Gasteiger partial charge is 0.254 e. The normalized spacial score (nSPS) is 23.7. The maximum absolute atomic E-state index is 12.7. The van der Waals surface area contributed by atoms with Crippen LogP contribution in [0.25, 0.3) is 0 Å². The molecule has 2 saturated heterocycles. The van der Waals surface area contributed by atoms with Gasteiger partial charge in [-0.1, -0.05) is 29.3 Å². The van der Waals surface area contributed by atoms with Gasteiger partial charge in [-0.25, -0.2) is 18.1 Å². The van der Waals surface area contributed by atoms with E-state index in [1.165, 1.54) is 10.6 Å². The molecule has 1 aromatic carbocycles. The van der Waals surface area contributed by atoms with Gasteiger partial charge in [-0.2, -0.15) is 0 Å². The number of amides is 2. The molecule has 0 bridgehead atoms. The number of carbonyl (C=O) groups is 2. The topological polar surface area (TPSA) is 120 Å². The number of hydrogen-bond acceptors (Lipinski definition) is 6. The molecule has 160 valence electrons. The fourth-order valence-corrected chi connectivity index (χ4v) is 4.90. The first-order valence-electron chi connectivity index (χ1n) is 9.15. The zero-order valence-electron chi connectivity index (χ0n) is 15.7. The lowest BCUT2D eigenvalue weighted by Gasteiger charge is -2.31. The third-order valence-corrected chi connectivity index (χ3v) is 6.97. The predicted octanol–water partition coefficient (Wildman–Crippen LogP) is 0.108. The van der Waals surface area contributed by atoms with Crippen LogP contribution < -0.4 is 21.5 Å². The minimum Gasteiger partial charge on any atom is -0.352 e. The van der Waals surface area contributed by atoms with Crippen LogP contribution >= 0.6 is 23.2 Å². The standard InChI is InChI=1S/C17H23Cl2N5O4S/c1-29(27,28)24-7-5-10(6-8-24)21-17(26)15-13(9-20-23-15)22-16(25)14-11(18)3-2-4-12(14)19/h2-4,10,13,15,20,23H,5-9H2,1H3,(H,21,26)(H,22,25). The fourth-order valence-electron chi connectivity index (χ4n) is 3.46. The van der Waals surface area contributed by atoms with Gasteiger partial charge >= 0.3 is 0 Å². The summed E-state index contributed by atoms with van der Waals surface area (Å²) in [6.07, 6.45) is 2.25. The lowest BCUT2D eigenvalue weighted by Crippen LogP contribution is -2.56. The summed E-state index contributed by atoms with van der Waals surface area (Å²) in [5.74, 6) is -0.737. The molecular formula is C17H23Cl2N5O4S. The van der Waals surface area contributed by atoms with E-state index in [1.807, 2.05) is 0 Å². The number of piperidine rings is 1. The largest absolute Gasteiger partial charge is 0.352 e. The Balaban J connectivity index is 1.58. The second kappa shape index (κ2) is 9.15. The molecule has 0 saturated carbocycles. The van der Waals surface area contributed by atoms with Crippen molar-refractivity contribution in [2.75, 3.05) is 25.9 Å². The minimum atomic E-state index is -3.22. The number of nitrogens with one attached hydrogen (secondary N) is 4. The summed E-state index contributed by atoms with van der Waals surface area (Å²) in [4.78, 5) is 25.3. The molecule has 9 nitrogen and oxygen atoms in total. The highest BCUT2D eigenvalue weighted by Crippen LogP contribution is 2.24. The second-order valence-corrected chi connectivity index (χ2v) is 9.92. The molecule has 2 fully saturated rings. The number of benzene rings is 1. The van der Waals surface area contributed by atoms with Crippen LogP contribution in [0.5, 0.6) is 0 Å². The van der Waals surface area contributed by atoms with Crippen molar-refractivity contribution in [1.29, 1.82) is 0 Å². The van der Waals surface area contributed by atoms with Crippen LogP contribution in [0.4, 0.5) is 0 Å². The maximum Gasteiger partial charge on any atom is 0.254 e. The van der Waals surface area contributed by atoms with Crippen molar-refractivity contribution >= 4 is 45.0 Å². The third-order valence-electron chi connectivity index (χ3n) is 5.04. The third kappa shape index (κ3) is 5.39. The number of sulfonamides is 1. The molecule has 2 atom stereocenters. The molecule has 12 heteroatoms. The zero-order valence-corrected chi connectivity index (χ0v) is 18.1. The summed E-state index contributed by atoms with van der Waals surface area (Å²) in [6.45, 7) is 1.08. The van der Waals surface area contributed by atoms with Crippen molar-refractivity contribution in [3.63, 3.8) is 0 Å². The summed E-state index contributed by atoms with van der Waals surface area (Å²) >= 11 is 12.2. The molecule has 2 aliphatic heterocycles. The van der Waals surface area contributed by atoms with Gasteiger partial charge in [0, 0.05) is 25.7 Å². The zero-order chi connectivity index (χ0) is 21.2. The summed E-state index contributed by atoms with van der Waals surface area (Å²) in [5, 5.41) is 6.18. The molecule has 0 aromatic heterocycles. The lowest BCUT2D eigenvalue weighted by atomic mass is 10.0. The van der Waals surface area contributed by atoms with E-state index in [4.69, 9.17) is 23.2 Å². The maximum atomic E-state index is 12.7. The van der Waals surface area contributed by atoms with E-state index < -0.39 is 28.0 Å². The van der Waals surface area contributed by atoms with E-state index >= 15 is 0 Å². The van der Waals surface area contributed by atoms with Gasteiger partial charge in [0.25, 0.3) is 5.91 Å². The molecule has 4 N–H and O–H groups in total. The van der Waals surface area contributed by atoms with Crippen LogP contribution in [-0.2, 0) is 14.8 Å². The Morgan fingerprint density at radius 1 is 1.14 bits per heavy atom. The number of nitrogens with zero attached hydrogens (tertiary/aromatic N) is 1. The van der Waals surface area contributed by atoms with Gasteiger partial charge in [-0.05, 0) is 25.0 Å². The number of halogens is 2. The summed E-state index contributed by atoms with van der Waals surface area (Å²) < 4.78 is 24.6. The predicted molar refractivity (Wildman–Crippen MR) is 110 cm³/mol. The van der Waals surface area contributed by atoms with Crippen LogP contribution in [-0.4, -0.2) is 68.6 Å². The van der Waals surface area contributed by atoms with Crippen LogP contribution in [0.2, 0.25) is 10.0 Å². The molecule has 2 amide bonds. The first kappa shape index (κ1) is 22.3. The minimum absolute atomic E-state index is 0.128. The van der Waals surface area contributed by atoms with Crippen LogP contribution in [0, 0.1) is 0 Å². The molecule has 0 aliphatic carbocycles. The summed E-state index contributed by atoms with van der Waals surface area (Å²) in [6, 6.07) is 3.46. The Morgan fingerprint density at radius 2 is 1.76 bits per heavy atom. The molecule has 29 heavy (non-hydrogen) atoms. The highest BCUT2D eigenvalue weighted by atomic mass is 35.5. The van der Waals surface area contributed by atoms with Crippen molar-refractivity contribution in [1.82, 2.24) is 25.8 Å². The van der Waals surface area contributed by atoms with Gasteiger partial charge in [0.1, 0.15) is 6.04 Å². The summed E-state index contributed by atoms with van der Waals surface area (Å²) in [7, 11) is -3.22. The van der Waals surface area contributed by atoms with E-state index in [9.17, 15) is 18.0 Å². The molecule has 1 aromatic rings. The van der Waals surface area contributed by atoms with E-state index in [0.29, 0.717) is 32.5 Å². The lowest BCUT2D eigenvalue weighted by molar-refractivity contribution is -0.124. The Hall–Kier alpha value is -1.43. The van der Waals surface area contributed by atoms with E-state index in [2.05, 4.69) is 21.5 Å². The number of hydrogen-bond donors (Lipinski definition) is 4. The van der Waals surface area contributed by atoms with Crippen LogP contribution in [0.1, 0.15) is 23.2 Å². The van der Waals surface area contributed by atoms with Gasteiger partial charge in [-0.15, -0.1) is 0 Å². The van der Waals surface area contributed by atoms with Crippen molar-refractivity contribution in [3.05, 3.63) is 33.8 Å². The Bertz CT molecular complexity index is 870. The molecule has 0 radical (unpaired) electrons. The number of rotatable bonds is 5. The quantitative estimate of drug-likeness (QED) is 0.491. The van der Waals surface area contributed by atoms with Crippen molar-refractivity contribution in [2.45, 2.75) is 31.0 Å². The Labute approximate surface area is 179 Å². The highest BCUT2D eigenvalue weighted by Gasteiger charge is 2.36. The van der Waals surface area contributed by atoms with Crippen molar-refractivity contribution < 1.29 is 18.0 Å². The van der Waals surface area contributed by atoms with E-state index in [-0.39, 0.29) is 27.6 Å². The van der Waals surface area contributed by atoms with E-state index in [1.54, 1.807) is 18.2 Å². The van der Waals surface area contributed by atoms with E-state index in [0.717, 1.165) is 0 Å². The summed E-state index contributed by atoms with van der Waals surface area (Å²) in [5.41, 5.74) is 5.90. The van der Waals surface area contributed by atoms with Gasteiger partial charge in [0.15, 0.2) is 0 Å². The van der Waals surface area contributed by atoms with Crippen molar-refractivity contribution in [3.8, 4) is 0 Å². The van der Waals surface area contributed by atoms with Gasteiger partial charge in [0.2, 0.25) is 15.9 Å². The Morgan fingerprint density at radius 3 is 2.34 bits per heavy atom. The fraction of sp³-hybridized carbons (Fsp3) is 0.529. The average Bonchev–Trinajstić information content (AvgIpc) is 3.09. The molecular weight excluding hydrogens is 441 g/mol. The molecule has 2 unspecified atom stereocenters. The van der Waals surface area contributed by atoms with Gasteiger partial charge < -0.3 is 10.6 Å². The van der Waals surface area contributed by atoms with Crippen LogP contribution in [0.15, 0.2) is 18.2 Å². The monoisotopic (exact) mass is 463 g/mol. The molecule has 2 heterocycles. The van der Waals surface area contributed by atoms with Gasteiger partial charge in [0.05, 0.1) is 27.9 Å². The van der Waals surface area contributed by atoms with Crippen molar-refractivity contribution in [2.24, 2.45) is 0 Å². The molecule has 2 aliphatic rings. The second-order valence-electron chi connectivity index (χ2n) is 7.12. The number of carbonyl (C=O) groups excluding carboxylic acids is 2. The van der Waals surface area contributed by atoms with Gasteiger partial charge in [-0.3, -0.25) is 15.0 Å². The molecule has 3 rings (SSSR count). The molecule has 0 spiro atoms. The van der Waals surface area contributed by atoms with Crippen LogP contribution in [0.3, 0.4) is 0 Å². The SMILES string of the molecule is CS(=O)(=O)N1CCC(NC(=O)C2NNCC2NC(=O)c2c(Cl)cccc2Cl)CC1. The average molecular weight is 464 g/mol. The first-order chi connectivity index (χ1) is 13.7.